The van der Waals surface area contributed by atoms with Crippen molar-refractivity contribution in [2.75, 3.05) is 29.6 Å². The summed E-state index contributed by atoms with van der Waals surface area (Å²) in [5.41, 5.74) is 3.46. The number of benzene rings is 2. The van der Waals surface area contributed by atoms with E-state index in [9.17, 15) is 4.39 Å². The predicted octanol–water partition coefficient (Wildman–Crippen LogP) is 4.48. The summed E-state index contributed by atoms with van der Waals surface area (Å²) < 4.78 is 13.3. The van der Waals surface area contributed by atoms with Gasteiger partial charge in [-0.1, -0.05) is 6.07 Å². The van der Waals surface area contributed by atoms with Gasteiger partial charge in [0.15, 0.2) is 0 Å². The Balaban J connectivity index is 1.79. The Hall–Kier alpha value is -3.15. The molecule has 1 aromatic heterocycles. The largest absolute Gasteiger partial charge is 0.378 e. The van der Waals surface area contributed by atoms with Gasteiger partial charge in [-0.05, 0) is 49.4 Å². The zero-order valence-corrected chi connectivity index (χ0v) is 14.4. The van der Waals surface area contributed by atoms with Crippen molar-refractivity contribution in [1.29, 1.82) is 0 Å². The first kappa shape index (κ1) is 16.7. The van der Waals surface area contributed by atoms with Crippen LogP contribution in [-0.4, -0.2) is 24.1 Å². The molecule has 0 fully saturated rings. The van der Waals surface area contributed by atoms with E-state index in [0.29, 0.717) is 17.5 Å². The summed E-state index contributed by atoms with van der Waals surface area (Å²) in [6.07, 6.45) is 0. The van der Waals surface area contributed by atoms with Crippen LogP contribution in [0.4, 0.5) is 33.2 Å². The van der Waals surface area contributed by atoms with E-state index in [1.165, 1.54) is 12.1 Å². The van der Waals surface area contributed by atoms with Crippen LogP contribution in [0.25, 0.3) is 0 Å². The van der Waals surface area contributed by atoms with Crippen molar-refractivity contribution >= 4 is 28.8 Å². The standard InChI is InChI=1S/C19H20FN5/c1-13-11-18(22-16-6-4-5-14(20)12-16)24-19(21-13)23-15-7-9-17(10-8-15)25(2)3/h4-12H,1-3H3,(H2,21,22,23,24). The Bertz CT molecular complexity index is 862. The Labute approximate surface area is 146 Å². The molecular weight excluding hydrogens is 317 g/mol. The molecule has 3 aromatic rings. The van der Waals surface area contributed by atoms with Crippen molar-refractivity contribution in [3.8, 4) is 0 Å². The summed E-state index contributed by atoms with van der Waals surface area (Å²) in [5.74, 6) is 0.789. The Morgan fingerprint density at radius 2 is 1.64 bits per heavy atom. The van der Waals surface area contributed by atoms with Gasteiger partial charge in [-0.15, -0.1) is 0 Å². The summed E-state index contributed by atoms with van der Waals surface area (Å²) in [4.78, 5) is 10.9. The summed E-state index contributed by atoms with van der Waals surface area (Å²) in [5, 5.41) is 6.29. The fourth-order valence-corrected chi connectivity index (χ4v) is 2.37. The summed E-state index contributed by atoms with van der Waals surface area (Å²) in [7, 11) is 3.99. The lowest BCUT2D eigenvalue weighted by Gasteiger charge is -2.13. The number of nitrogens with zero attached hydrogens (tertiary/aromatic N) is 3. The fourth-order valence-electron chi connectivity index (χ4n) is 2.37. The third kappa shape index (κ3) is 4.44. The van der Waals surface area contributed by atoms with E-state index < -0.39 is 0 Å². The van der Waals surface area contributed by atoms with Gasteiger partial charge in [0, 0.05) is 42.9 Å². The molecule has 0 saturated carbocycles. The van der Waals surface area contributed by atoms with Crippen LogP contribution in [0.1, 0.15) is 5.69 Å². The van der Waals surface area contributed by atoms with Crippen LogP contribution in [-0.2, 0) is 0 Å². The number of aryl methyl sites for hydroxylation is 1. The maximum Gasteiger partial charge on any atom is 0.229 e. The molecule has 1 heterocycles. The fraction of sp³-hybridized carbons (Fsp3) is 0.158. The summed E-state index contributed by atoms with van der Waals surface area (Å²) in [6, 6.07) is 16.1. The third-order valence-electron chi connectivity index (χ3n) is 3.59. The molecule has 0 saturated heterocycles. The van der Waals surface area contributed by atoms with Crippen molar-refractivity contribution in [2.24, 2.45) is 0 Å². The first-order valence-corrected chi connectivity index (χ1v) is 7.92. The number of halogens is 1. The van der Waals surface area contributed by atoms with E-state index in [4.69, 9.17) is 0 Å². The SMILES string of the molecule is Cc1cc(Nc2cccc(F)c2)nc(Nc2ccc(N(C)C)cc2)n1. The molecule has 0 unspecified atom stereocenters. The van der Waals surface area contributed by atoms with E-state index in [1.54, 1.807) is 12.1 Å². The second-order valence-electron chi connectivity index (χ2n) is 5.92. The molecule has 5 nitrogen and oxygen atoms in total. The van der Waals surface area contributed by atoms with Crippen LogP contribution in [0.15, 0.2) is 54.6 Å². The Morgan fingerprint density at radius 1 is 0.880 bits per heavy atom. The van der Waals surface area contributed by atoms with Gasteiger partial charge in [0.05, 0.1) is 0 Å². The highest BCUT2D eigenvalue weighted by Gasteiger charge is 2.05. The van der Waals surface area contributed by atoms with Crippen LogP contribution in [0, 0.1) is 12.7 Å². The van der Waals surface area contributed by atoms with E-state index >= 15 is 0 Å². The van der Waals surface area contributed by atoms with Crippen LogP contribution in [0.3, 0.4) is 0 Å². The Morgan fingerprint density at radius 3 is 2.32 bits per heavy atom. The molecule has 0 spiro atoms. The van der Waals surface area contributed by atoms with Crippen LogP contribution in [0.2, 0.25) is 0 Å². The van der Waals surface area contributed by atoms with Gasteiger partial charge in [-0.3, -0.25) is 0 Å². The second-order valence-corrected chi connectivity index (χ2v) is 5.92. The van der Waals surface area contributed by atoms with Gasteiger partial charge in [0.2, 0.25) is 5.95 Å². The molecule has 0 aliphatic heterocycles. The molecule has 0 aliphatic carbocycles. The van der Waals surface area contributed by atoms with E-state index in [-0.39, 0.29) is 5.82 Å². The number of aromatic nitrogens is 2. The van der Waals surface area contributed by atoms with Crippen molar-refractivity contribution < 1.29 is 4.39 Å². The van der Waals surface area contributed by atoms with Crippen molar-refractivity contribution in [2.45, 2.75) is 6.92 Å². The first-order valence-electron chi connectivity index (χ1n) is 7.92. The zero-order valence-electron chi connectivity index (χ0n) is 14.4. The van der Waals surface area contributed by atoms with Crippen molar-refractivity contribution in [3.05, 3.63) is 66.1 Å². The topological polar surface area (TPSA) is 53.1 Å². The molecule has 2 N–H and O–H groups in total. The maximum atomic E-state index is 13.3. The number of anilines is 5. The molecule has 6 heteroatoms. The average Bonchev–Trinajstić information content (AvgIpc) is 2.54. The molecular formula is C19H20FN5. The van der Waals surface area contributed by atoms with Crippen molar-refractivity contribution in [3.63, 3.8) is 0 Å². The highest BCUT2D eigenvalue weighted by molar-refractivity contribution is 5.62. The van der Waals surface area contributed by atoms with Gasteiger partial charge in [0.25, 0.3) is 0 Å². The average molecular weight is 337 g/mol. The third-order valence-corrected chi connectivity index (χ3v) is 3.59. The van der Waals surface area contributed by atoms with Crippen molar-refractivity contribution in [1.82, 2.24) is 9.97 Å². The molecule has 0 bridgehead atoms. The number of hydrogen-bond acceptors (Lipinski definition) is 5. The monoisotopic (exact) mass is 337 g/mol. The molecule has 0 atom stereocenters. The maximum absolute atomic E-state index is 13.3. The lowest BCUT2D eigenvalue weighted by Crippen LogP contribution is -2.08. The highest BCUT2D eigenvalue weighted by atomic mass is 19.1. The molecule has 25 heavy (non-hydrogen) atoms. The quantitative estimate of drug-likeness (QED) is 0.719. The smallest absolute Gasteiger partial charge is 0.229 e. The molecule has 0 amide bonds. The van der Waals surface area contributed by atoms with Crippen LogP contribution in [0.5, 0.6) is 0 Å². The first-order chi connectivity index (χ1) is 12.0. The number of rotatable bonds is 5. The van der Waals surface area contributed by atoms with Gasteiger partial charge < -0.3 is 15.5 Å². The molecule has 128 valence electrons. The molecule has 3 rings (SSSR count). The Kier molecular flexibility index (Phi) is 4.79. The minimum absolute atomic E-state index is 0.296. The second kappa shape index (κ2) is 7.17. The molecule has 2 aromatic carbocycles. The minimum atomic E-state index is -0.296. The molecule has 0 aliphatic rings. The van der Waals surface area contributed by atoms with Gasteiger partial charge >= 0.3 is 0 Å². The van der Waals surface area contributed by atoms with Gasteiger partial charge in [-0.2, -0.15) is 4.98 Å². The summed E-state index contributed by atoms with van der Waals surface area (Å²) in [6.45, 7) is 1.89. The summed E-state index contributed by atoms with van der Waals surface area (Å²) >= 11 is 0. The lowest BCUT2D eigenvalue weighted by molar-refractivity contribution is 0.628. The zero-order chi connectivity index (χ0) is 17.8. The van der Waals surface area contributed by atoms with Crippen LogP contribution >= 0.6 is 0 Å². The normalized spacial score (nSPS) is 10.4. The lowest BCUT2D eigenvalue weighted by atomic mass is 10.2. The molecule has 0 radical (unpaired) electrons. The number of nitrogens with one attached hydrogen (secondary N) is 2. The number of hydrogen-bond donors (Lipinski definition) is 2. The minimum Gasteiger partial charge on any atom is -0.378 e. The van der Waals surface area contributed by atoms with E-state index in [2.05, 4.69) is 20.6 Å². The highest BCUT2D eigenvalue weighted by Crippen LogP contribution is 2.21. The van der Waals surface area contributed by atoms with Gasteiger partial charge in [0.1, 0.15) is 11.6 Å². The van der Waals surface area contributed by atoms with Gasteiger partial charge in [-0.25, -0.2) is 9.37 Å². The van der Waals surface area contributed by atoms with E-state index in [1.807, 2.05) is 56.3 Å². The van der Waals surface area contributed by atoms with E-state index in [0.717, 1.165) is 17.1 Å². The van der Waals surface area contributed by atoms with Crippen LogP contribution < -0.4 is 15.5 Å². The predicted molar refractivity (Wildman–Crippen MR) is 101 cm³/mol.